The maximum atomic E-state index is 13.3. The number of nitrogens with one attached hydrogen (secondary N) is 3. The minimum Gasteiger partial charge on any atom is -0.326 e. The summed E-state index contributed by atoms with van der Waals surface area (Å²) in [6.07, 6.45) is 0. The fraction of sp³-hybridized carbons (Fsp3) is 0.0476. The number of rotatable bonds is 6. The molecule has 160 valence electrons. The van der Waals surface area contributed by atoms with Gasteiger partial charge in [0.15, 0.2) is 0 Å². The lowest BCUT2D eigenvalue weighted by Gasteiger charge is -2.10. The van der Waals surface area contributed by atoms with Gasteiger partial charge in [-0.3, -0.25) is 14.3 Å². The first-order chi connectivity index (χ1) is 14.6. The monoisotopic (exact) mass is 461 g/mol. The van der Waals surface area contributed by atoms with Gasteiger partial charge in [0, 0.05) is 29.5 Å². The number of carbonyl (C=O) groups is 2. The number of carbonyl (C=O) groups excluding carboxylic acids is 2. The summed E-state index contributed by atoms with van der Waals surface area (Å²) < 4.78 is 40.4. The Balaban J connectivity index is 1.67. The van der Waals surface area contributed by atoms with Gasteiger partial charge in [0.25, 0.3) is 15.9 Å². The Morgan fingerprint density at radius 1 is 0.839 bits per heavy atom. The van der Waals surface area contributed by atoms with E-state index >= 15 is 0 Å². The van der Waals surface area contributed by atoms with Gasteiger partial charge in [-0.25, -0.2) is 12.8 Å². The van der Waals surface area contributed by atoms with Crippen LogP contribution in [0.2, 0.25) is 5.02 Å². The fourth-order valence-corrected chi connectivity index (χ4v) is 3.92. The molecule has 2 amide bonds. The molecule has 3 aromatic carbocycles. The summed E-state index contributed by atoms with van der Waals surface area (Å²) in [4.78, 5) is 23.2. The number of sulfonamides is 1. The van der Waals surface area contributed by atoms with Gasteiger partial charge in [0.2, 0.25) is 5.91 Å². The molecule has 0 saturated carbocycles. The number of halogens is 2. The van der Waals surface area contributed by atoms with E-state index in [1.165, 1.54) is 31.2 Å². The van der Waals surface area contributed by atoms with Crippen LogP contribution in [0.4, 0.5) is 21.5 Å². The molecular weight excluding hydrogens is 445 g/mol. The minimum atomic E-state index is -3.98. The zero-order valence-corrected chi connectivity index (χ0v) is 17.7. The average molecular weight is 462 g/mol. The summed E-state index contributed by atoms with van der Waals surface area (Å²) in [6, 6.07) is 15.4. The van der Waals surface area contributed by atoms with E-state index in [0.717, 1.165) is 18.2 Å². The summed E-state index contributed by atoms with van der Waals surface area (Å²) in [6.45, 7) is 1.40. The van der Waals surface area contributed by atoms with Gasteiger partial charge in [-0.1, -0.05) is 11.6 Å². The normalized spacial score (nSPS) is 10.9. The molecule has 0 saturated heterocycles. The molecule has 0 atom stereocenters. The molecule has 0 heterocycles. The molecule has 3 N–H and O–H groups in total. The van der Waals surface area contributed by atoms with Crippen LogP contribution >= 0.6 is 11.6 Å². The molecule has 31 heavy (non-hydrogen) atoms. The fourth-order valence-electron chi connectivity index (χ4n) is 2.59. The van der Waals surface area contributed by atoms with Crippen LogP contribution in [0, 0.1) is 5.82 Å². The first-order valence-corrected chi connectivity index (χ1v) is 10.8. The molecule has 0 unspecified atom stereocenters. The van der Waals surface area contributed by atoms with E-state index in [2.05, 4.69) is 15.4 Å². The number of amides is 2. The summed E-state index contributed by atoms with van der Waals surface area (Å²) in [5.41, 5.74) is 1.65. The molecule has 0 aliphatic rings. The van der Waals surface area contributed by atoms with Gasteiger partial charge in [0.05, 0.1) is 9.92 Å². The van der Waals surface area contributed by atoms with Crippen molar-refractivity contribution in [3.05, 3.63) is 83.1 Å². The number of anilines is 3. The van der Waals surface area contributed by atoms with Gasteiger partial charge < -0.3 is 10.6 Å². The molecular formula is C21H17ClFN3O4S. The molecule has 0 spiro atoms. The highest BCUT2D eigenvalue weighted by Crippen LogP contribution is 2.22. The summed E-state index contributed by atoms with van der Waals surface area (Å²) in [5.74, 6) is -1.32. The van der Waals surface area contributed by atoms with Crippen molar-refractivity contribution in [2.45, 2.75) is 11.8 Å². The minimum absolute atomic E-state index is 0.191. The van der Waals surface area contributed by atoms with E-state index in [-0.39, 0.29) is 21.5 Å². The van der Waals surface area contributed by atoms with Crippen LogP contribution in [0.25, 0.3) is 0 Å². The van der Waals surface area contributed by atoms with E-state index in [1.54, 1.807) is 24.3 Å². The lowest BCUT2D eigenvalue weighted by atomic mass is 10.2. The molecule has 0 bridgehead atoms. The van der Waals surface area contributed by atoms with Crippen molar-refractivity contribution in [2.75, 3.05) is 15.4 Å². The first kappa shape index (κ1) is 22.3. The predicted molar refractivity (Wildman–Crippen MR) is 117 cm³/mol. The zero-order valence-electron chi connectivity index (χ0n) is 16.1. The standard InChI is InChI=1S/C21H17ClFN3O4S/c1-13(27)24-15-6-8-16(9-7-15)25-21(28)14-2-4-17(5-3-14)26-31(29,30)18-10-11-20(23)19(22)12-18/h2-12,26H,1H3,(H,24,27)(H,25,28). The number of benzene rings is 3. The molecule has 7 nitrogen and oxygen atoms in total. The summed E-state index contributed by atoms with van der Waals surface area (Å²) >= 11 is 5.65. The van der Waals surface area contributed by atoms with E-state index in [0.29, 0.717) is 16.9 Å². The molecule has 0 aromatic heterocycles. The topological polar surface area (TPSA) is 104 Å². The molecule has 0 radical (unpaired) electrons. The third kappa shape index (κ3) is 5.80. The van der Waals surface area contributed by atoms with E-state index < -0.39 is 21.7 Å². The Kier molecular flexibility index (Phi) is 6.57. The van der Waals surface area contributed by atoms with E-state index in [9.17, 15) is 22.4 Å². The molecule has 3 aromatic rings. The zero-order chi connectivity index (χ0) is 22.6. The number of hydrogen-bond donors (Lipinski definition) is 3. The van der Waals surface area contributed by atoms with Crippen molar-refractivity contribution in [2.24, 2.45) is 0 Å². The Hall–Kier alpha value is -3.43. The molecule has 3 rings (SSSR count). The Morgan fingerprint density at radius 3 is 1.94 bits per heavy atom. The highest BCUT2D eigenvalue weighted by atomic mass is 35.5. The van der Waals surface area contributed by atoms with Gasteiger partial charge in [-0.2, -0.15) is 0 Å². The Bertz CT molecular complexity index is 1230. The number of hydrogen-bond acceptors (Lipinski definition) is 4. The molecule has 0 aliphatic carbocycles. The van der Waals surface area contributed by atoms with Gasteiger partial charge in [-0.15, -0.1) is 0 Å². The predicted octanol–water partition coefficient (Wildman–Crippen LogP) is 4.49. The Labute approximate surface area is 183 Å². The third-order valence-electron chi connectivity index (χ3n) is 4.06. The molecule has 10 heteroatoms. The SMILES string of the molecule is CC(=O)Nc1ccc(NC(=O)c2ccc(NS(=O)(=O)c3ccc(F)c(Cl)c3)cc2)cc1. The average Bonchev–Trinajstić information content (AvgIpc) is 2.71. The van der Waals surface area contributed by atoms with Crippen molar-refractivity contribution in [3.8, 4) is 0 Å². The van der Waals surface area contributed by atoms with Crippen molar-refractivity contribution in [3.63, 3.8) is 0 Å². The highest BCUT2D eigenvalue weighted by Gasteiger charge is 2.16. The lowest BCUT2D eigenvalue weighted by molar-refractivity contribution is -0.114. The second-order valence-electron chi connectivity index (χ2n) is 6.47. The van der Waals surface area contributed by atoms with Crippen molar-refractivity contribution < 1.29 is 22.4 Å². The van der Waals surface area contributed by atoms with Gasteiger partial charge >= 0.3 is 0 Å². The first-order valence-electron chi connectivity index (χ1n) is 8.91. The summed E-state index contributed by atoms with van der Waals surface area (Å²) in [5, 5.41) is 5.02. The van der Waals surface area contributed by atoms with Crippen LogP contribution in [0.15, 0.2) is 71.6 Å². The third-order valence-corrected chi connectivity index (χ3v) is 5.73. The van der Waals surface area contributed by atoms with Crippen molar-refractivity contribution in [1.29, 1.82) is 0 Å². The van der Waals surface area contributed by atoms with Crippen LogP contribution in [-0.2, 0) is 14.8 Å². The van der Waals surface area contributed by atoms with Crippen molar-refractivity contribution >= 4 is 50.5 Å². The molecule has 0 aliphatic heterocycles. The van der Waals surface area contributed by atoms with Crippen LogP contribution in [0.5, 0.6) is 0 Å². The van der Waals surface area contributed by atoms with Crippen LogP contribution in [-0.4, -0.2) is 20.2 Å². The second-order valence-corrected chi connectivity index (χ2v) is 8.56. The van der Waals surface area contributed by atoms with Crippen LogP contribution < -0.4 is 15.4 Å². The quantitative estimate of drug-likeness (QED) is 0.503. The maximum absolute atomic E-state index is 13.3. The van der Waals surface area contributed by atoms with Gasteiger partial charge in [-0.05, 0) is 66.7 Å². The smallest absolute Gasteiger partial charge is 0.261 e. The lowest BCUT2D eigenvalue weighted by Crippen LogP contribution is -2.14. The van der Waals surface area contributed by atoms with Crippen molar-refractivity contribution in [1.82, 2.24) is 0 Å². The van der Waals surface area contributed by atoms with Crippen LogP contribution in [0.3, 0.4) is 0 Å². The van der Waals surface area contributed by atoms with Crippen LogP contribution in [0.1, 0.15) is 17.3 Å². The largest absolute Gasteiger partial charge is 0.326 e. The maximum Gasteiger partial charge on any atom is 0.261 e. The molecule has 0 fully saturated rings. The summed E-state index contributed by atoms with van der Waals surface area (Å²) in [7, 11) is -3.98. The Morgan fingerprint density at radius 2 is 1.39 bits per heavy atom. The highest BCUT2D eigenvalue weighted by molar-refractivity contribution is 7.92. The van der Waals surface area contributed by atoms with E-state index in [1.807, 2.05) is 0 Å². The van der Waals surface area contributed by atoms with E-state index in [4.69, 9.17) is 11.6 Å². The second kappa shape index (κ2) is 9.15. The van der Waals surface area contributed by atoms with Gasteiger partial charge in [0.1, 0.15) is 5.82 Å².